The molecule has 1 fully saturated rings. The molecule has 20 heavy (non-hydrogen) atoms. The van der Waals surface area contributed by atoms with E-state index < -0.39 is 0 Å². The van der Waals surface area contributed by atoms with Crippen LogP contribution < -0.4 is 5.32 Å². The molecular weight excluding hydrogens is 293 g/mol. The van der Waals surface area contributed by atoms with Crippen molar-refractivity contribution in [3.63, 3.8) is 0 Å². The molecule has 0 aromatic heterocycles. The smallest absolute Gasteiger partial charge is 0.220 e. The average Bonchev–Trinajstić information content (AvgIpc) is 2.40. The minimum absolute atomic E-state index is 0.120. The van der Waals surface area contributed by atoms with Gasteiger partial charge in [0.1, 0.15) is 0 Å². The Morgan fingerprint density at radius 2 is 2.05 bits per heavy atom. The second-order valence-electron chi connectivity index (χ2n) is 5.67. The second-order valence-corrected chi connectivity index (χ2v) is 6.52. The highest BCUT2D eigenvalue weighted by molar-refractivity contribution is 6.35. The molecule has 2 rings (SSSR count). The van der Waals surface area contributed by atoms with Crippen LogP contribution in [0.25, 0.3) is 0 Å². The molecule has 2 nitrogen and oxygen atoms in total. The van der Waals surface area contributed by atoms with E-state index in [1.165, 1.54) is 19.3 Å². The first-order valence-corrected chi connectivity index (χ1v) is 8.05. The molecule has 110 valence electrons. The molecule has 0 saturated heterocycles. The lowest BCUT2D eigenvalue weighted by Crippen LogP contribution is -2.41. The number of carbonyl (C=O) groups is 1. The SMILES string of the molecule is CC1CCCCC1NC(=O)CCc1ccc(Cl)cc1Cl. The van der Waals surface area contributed by atoms with Crippen LogP contribution >= 0.6 is 23.2 Å². The fourth-order valence-corrected chi connectivity index (χ4v) is 3.29. The predicted molar refractivity (Wildman–Crippen MR) is 84.3 cm³/mol. The van der Waals surface area contributed by atoms with Gasteiger partial charge in [-0.1, -0.05) is 49.0 Å². The molecule has 0 aliphatic heterocycles. The van der Waals surface area contributed by atoms with E-state index in [0.717, 1.165) is 12.0 Å². The van der Waals surface area contributed by atoms with Crippen LogP contribution in [0.2, 0.25) is 10.0 Å². The highest BCUT2D eigenvalue weighted by atomic mass is 35.5. The Bertz CT molecular complexity index is 476. The van der Waals surface area contributed by atoms with Gasteiger partial charge in [0.05, 0.1) is 0 Å². The minimum Gasteiger partial charge on any atom is -0.353 e. The molecule has 1 aliphatic rings. The van der Waals surface area contributed by atoms with Crippen LogP contribution in [0.3, 0.4) is 0 Å². The highest BCUT2D eigenvalue weighted by Gasteiger charge is 2.22. The predicted octanol–water partition coefficient (Wildman–Crippen LogP) is 4.62. The summed E-state index contributed by atoms with van der Waals surface area (Å²) in [4.78, 5) is 12.0. The van der Waals surface area contributed by atoms with Gasteiger partial charge in [0, 0.05) is 22.5 Å². The second kappa shape index (κ2) is 7.33. The zero-order valence-electron chi connectivity index (χ0n) is 11.8. The lowest BCUT2D eigenvalue weighted by molar-refractivity contribution is -0.122. The summed E-state index contributed by atoms with van der Waals surface area (Å²) in [6.45, 7) is 2.22. The Hall–Kier alpha value is -0.730. The number of hydrogen-bond donors (Lipinski definition) is 1. The number of rotatable bonds is 4. The van der Waals surface area contributed by atoms with E-state index in [0.29, 0.717) is 34.8 Å². The van der Waals surface area contributed by atoms with Crippen molar-refractivity contribution in [2.75, 3.05) is 0 Å². The third-order valence-corrected chi connectivity index (χ3v) is 4.68. The first-order valence-electron chi connectivity index (χ1n) is 7.29. The summed E-state index contributed by atoms with van der Waals surface area (Å²) in [5, 5.41) is 4.42. The number of aryl methyl sites for hydroxylation is 1. The molecule has 0 bridgehead atoms. The first-order chi connectivity index (χ1) is 9.56. The molecule has 1 aliphatic carbocycles. The summed E-state index contributed by atoms with van der Waals surface area (Å²) >= 11 is 12.0. The number of nitrogens with one attached hydrogen (secondary N) is 1. The third kappa shape index (κ3) is 4.39. The van der Waals surface area contributed by atoms with Crippen molar-refractivity contribution in [3.05, 3.63) is 33.8 Å². The molecule has 0 spiro atoms. The first kappa shape index (κ1) is 15.7. The Balaban J connectivity index is 1.82. The van der Waals surface area contributed by atoms with Gasteiger partial charge >= 0.3 is 0 Å². The van der Waals surface area contributed by atoms with Crippen molar-refractivity contribution >= 4 is 29.1 Å². The van der Waals surface area contributed by atoms with Crippen LogP contribution in [0.1, 0.15) is 44.6 Å². The van der Waals surface area contributed by atoms with Gasteiger partial charge in [-0.15, -0.1) is 0 Å². The van der Waals surface area contributed by atoms with Crippen molar-refractivity contribution in [1.29, 1.82) is 0 Å². The van der Waals surface area contributed by atoms with E-state index in [9.17, 15) is 4.79 Å². The molecule has 2 unspecified atom stereocenters. The number of hydrogen-bond acceptors (Lipinski definition) is 1. The van der Waals surface area contributed by atoms with Gasteiger partial charge in [0.2, 0.25) is 5.91 Å². The Morgan fingerprint density at radius 3 is 2.75 bits per heavy atom. The molecule has 1 amide bonds. The maximum absolute atomic E-state index is 12.0. The van der Waals surface area contributed by atoms with E-state index in [4.69, 9.17) is 23.2 Å². The van der Waals surface area contributed by atoms with E-state index in [2.05, 4.69) is 12.2 Å². The van der Waals surface area contributed by atoms with Gasteiger partial charge in [-0.3, -0.25) is 4.79 Å². The summed E-state index contributed by atoms with van der Waals surface area (Å²) in [6.07, 6.45) is 5.96. The van der Waals surface area contributed by atoms with E-state index in [1.54, 1.807) is 6.07 Å². The molecule has 1 aromatic carbocycles. The van der Waals surface area contributed by atoms with Crippen molar-refractivity contribution in [2.45, 2.75) is 51.5 Å². The summed E-state index contributed by atoms with van der Waals surface area (Å²) in [5.41, 5.74) is 0.975. The molecule has 1 N–H and O–H groups in total. The lowest BCUT2D eigenvalue weighted by Gasteiger charge is -2.29. The van der Waals surface area contributed by atoms with Crippen LogP contribution in [-0.2, 0) is 11.2 Å². The maximum Gasteiger partial charge on any atom is 0.220 e. The van der Waals surface area contributed by atoms with E-state index in [-0.39, 0.29) is 5.91 Å². The number of halogens is 2. The third-order valence-electron chi connectivity index (χ3n) is 4.09. The van der Waals surface area contributed by atoms with Gasteiger partial charge in [-0.2, -0.15) is 0 Å². The number of carbonyl (C=O) groups excluding carboxylic acids is 1. The molecule has 0 radical (unpaired) electrons. The van der Waals surface area contributed by atoms with Crippen molar-refractivity contribution < 1.29 is 4.79 Å². The van der Waals surface area contributed by atoms with Gasteiger partial charge in [0.25, 0.3) is 0 Å². The monoisotopic (exact) mass is 313 g/mol. The molecule has 4 heteroatoms. The Morgan fingerprint density at radius 1 is 1.30 bits per heavy atom. The standard InChI is InChI=1S/C16H21Cl2NO/c1-11-4-2-3-5-15(11)19-16(20)9-7-12-6-8-13(17)10-14(12)18/h6,8,10-11,15H,2-5,7,9H2,1H3,(H,19,20). The van der Waals surface area contributed by atoms with Crippen molar-refractivity contribution in [1.82, 2.24) is 5.32 Å². The largest absolute Gasteiger partial charge is 0.353 e. The molecule has 1 aromatic rings. The Kier molecular flexibility index (Phi) is 5.74. The molecule has 2 atom stereocenters. The Labute approximate surface area is 130 Å². The van der Waals surface area contributed by atoms with Gasteiger partial charge in [0.15, 0.2) is 0 Å². The van der Waals surface area contributed by atoms with Crippen LogP contribution in [-0.4, -0.2) is 11.9 Å². The normalized spacial score (nSPS) is 22.6. The molecule has 0 heterocycles. The number of amides is 1. The summed E-state index contributed by atoms with van der Waals surface area (Å²) in [6, 6.07) is 5.77. The van der Waals surface area contributed by atoms with Crippen LogP contribution in [0, 0.1) is 5.92 Å². The fraction of sp³-hybridized carbons (Fsp3) is 0.562. The maximum atomic E-state index is 12.0. The topological polar surface area (TPSA) is 29.1 Å². The number of benzene rings is 1. The van der Waals surface area contributed by atoms with Crippen molar-refractivity contribution in [2.24, 2.45) is 5.92 Å². The van der Waals surface area contributed by atoms with Gasteiger partial charge in [-0.25, -0.2) is 0 Å². The zero-order chi connectivity index (χ0) is 14.5. The fourth-order valence-electron chi connectivity index (χ4n) is 2.78. The van der Waals surface area contributed by atoms with Crippen molar-refractivity contribution in [3.8, 4) is 0 Å². The van der Waals surface area contributed by atoms with Crippen LogP contribution in [0.5, 0.6) is 0 Å². The summed E-state index contributed by atoms with van der Waals surface area (Å²) < 4.78 is 0. The molecular formula is C16H21Cl2NO. The van der Waals surface area contributed by atoms with Gasteiger partial charge in [-0.05, 0) is 42.9 Å². The summed E-state index contributed by atoms with van der Waals surface area (Å²) in [7, 11) is 0. The summed E-state index contributed by atoms with van der Waals surface area (Å²) in [5.74, 6) is 0.710. The van der Waals surface area contributed by atoms with Crippen LogP contribution in [0.15, 0.2) is 18.2 Å². The lowest BCUT2D eigenvalue weighted by atomic mass is 9.86. The highest BCUT2D eigenvalue weighted by Crippen LogP contribution is 2.24. The zero-order valence-corrected chi connectivity index (χ0v) is 13.3. The minimum atomic E-state index is 0.120. The average molecular weight is 314 g/mol. The van der Waals surface area contributed by atoms with Gasteiger partial charge < -0.3 is 5.32 Å². The van der Waals surface area contributed by atoms with E-state index >= 15 is 0 Å². The van der Waals surface area contributed by atoms with E-state index in [1.807, 2.05) is 12.1 Å². The van der Waals surface area contributed by atoms with Crippen LogP contribution in [0.4, 0.5) is 0 Å². The quantitative estimate of drug-likeness (QED) is 0.863. The molecule has 1 saturated carbocycles.